The highest BCUT2D eigenvalue weighted by Crippen LogP contribution is 2.36. The van der Waals surface area contributed by atoms with Gasteiger partial charge in [-0.25, -0.2) is 8.78 Å². The molecule has 9 heteroatoms. The van der Waals surface area contributed by atoms with Gasteiger partial charge in [0, 0.05) is 38.4 Å². The van der Waals surface area contributed by atoms with Crippen LogP contribution in [0.25, 0.3) is 0 Å². The van der Waals surface area contributed by atoms with Crippen LogP contribution in [0.1, 0.15) is 30.7 Å². The van der Waals surface area contributed by atoms with E-state index < -0.39 is 23.5 Å². The molecule has 1 unspecified atom stereocenters. The molecule has 3 aliphatic rings. The van der Waals surface area contributed by atoms with E-state index in [-0.39, 0.29) is 30.9 Å². The van der Waals surface area contributed by atoms with Gasteiger partial charge >= 0.3 is 0 Å². The molecule has 2 amide bonds. The highest BCUT2D eigenvalue weighted by molar-refractivity contribution is 5.82. The number of carbonyl (C=O) groups is 2. The molecular formula is C24H28F2N2O5. The van der Waals surface area contributed by atoms with Crippen LogP contribution in [0.15, 0.2) is 42.0 Å². The average molecular weight is 462 g/mol. The Balaban J connectivity index is 1.32. The largest absolute Gasteiger partial charge is 0.493 e. The van der Waals surface area contributed by atoms with E-state index in [1.807, 2.05) is 18.2 Å². The van der Waals surface area contributed by atoms with Crippen molar-refractivity contribution in [3.63, 3.8) is 0 Å². The van der Waals surface area contributed by atoms with Crippen LogP contribution < -0.4 is 14.8 Å². The lowest BCUT2D eigenvalue weighted by atomic mass is 9.98. The number of rotatable bonds is 8. The normalized spacial score (nSPS) is 25.0. The van der Waals surface area contributed by atoms with Crippen LogP contribution in [0.5, 0.6) is 11.5 Å². The minimum atomic E-state index is -1.15. The van der Waals surface area contributed by atoms with Gasteiger partial charge in [-0.05, 0) is 30.2 Å². The third-order valence-corrected chi connectivity index (χ3v) is 6.22. The number of nitrogens with zero attached hydrogens (tertiary/aromatic N) is 1. The van der Waals surface area contributed by atoms with Crippen LogP contribution in [0, 0.1) is 5.92 Å². The molecule has 4 rings (SSSR count). The fraction of sp³-hybridized carbons (Fsp3) is 0.500. The van der Waals surface area contributed by atoms with Gasteiger partial charge in [0.15, 0.2) is 17.3 Å². The van der Waals surface area contributed by atoms with E-state index in [1.165, 1.54) is 6.08 Å². The monoisotopic (exact) mass is 462 g/mol. The van der Waals surface area contributed by atoms with Crippen LogP contribution in [-0.4, -0.2) is 62.8 Å². The molecule has 2 fully saturated rings. The zero-order chi connectivity index (χ0) is 23.4. The maximum Gasteiger partial charge on any atom is 0.230 e. The van der Waals surface area contributed by atoms with Gasteiger partial charge in [-0.3, -0.25) is 9.59 Å². The summed E-state index contributed by atoms with van der Waals surface area (Å²) in [5, 5.41) is 2.61. The van der Waals surface area contributed by atoms with Gasteiger partial charge in [-0.1, -0.05) is 12.1 Å². The topological polar surface area (TPSA) is 77.1 Å². The highest BCUT2D eigenvalue weighted by atomic mass is 19.2. The molecule has 3 atom stereocenters. The van der Waals surface area contributed by atoms with Crippen molar-refractivity contribution in [3.8, 4) is 11.5 Å². The van der Waals surface area contributed by atoms with Gasteiger partial charge in [0.25, 0.3) is 0 Å². The molecule has 7 nitrogen and oxygen atoms in total. The van der Waals surface area contributed by atoms with Crippen molar-refractivity contribution in [2.75, 3.05) is 40.0 Å². The Hall–Kier alpha value is -2.94. The van der Waals surface area contributed by atoms with Crippen molar-refractivity contribution >= 4 is 11.8 Å². The van der Waals surface area contributed by atoms with Crippen LogP contribution in [0.2, 0.25) is 0 Å². The Labute approximate surface area is 191 Å². The highest BCUT2D eigenvalue weighted by Gasteiger charge is 2.32. The zero-order valence-electron chi connectivity index (χ0n) is 18.5. The van der Waals surface area contributed by atoms with Gasteiger partial charge in [0.2, 0.25) is 11.8 Å². The van der Waals surface area contributed by atoms with E-state index in [2.05, 4.69) is 5.32 Å². The van der Waals surface area contributed by atoms with Crippen LogP contribution in [-0.2, 0) is 14.3 Å². The zero-order valence-corrected chi connectivity index (χ0v) is 18.5. The number of methoxy groups -OCH3 is 1. The molecule has 2 saturated heterocycles. The number of carbonyl (C=O) groups excluding carboxylic acids is 2. The average Bonchev–Trinajstić information content (AvgIpc) is 3.45. The smallest absolute Gasteiger partial charge is 0.230 e. The summed E-state index contributed by atoms with van der Waals surface area (Å²) in [6.45, 7) is 2.19. The summed E-state index contributed by atoms with van der Waals surface area (Å²) >= 11 is 0. The lowest BCUT2D eigenvalue weighted by Crippen LogP contribution is -2.38. The summed E-state index contributed by atoms with van der Waals surface area (Å²) < 4.78 is 44.0. The second-order valence-corrected chi connectivity index (χ2v) is 8.43. The molecule has 1 aliphatic carbocycles. The summed E-state index contributed by atoms with van der Waals surface area (Å²) in [7, 11) is 1.59. The van der Waals surface area contributed by atoms with Crippen LogP contribution in [0.4, 0.5) is 8.78 Å². The molecule has 0 spiro atoms. The molecule has 0 saturated carbocycles. The first kappa shape index (κ1) is 23.2. The van der Waals surface area contributed by atoms with Crippen LogP contribution >= 0.6 is 0 Å². The number of halogens is 2. The first-order valence-electron chi connectivity index (χ1n) is 11.2. The molecule has 1 aromatic carbocycles. The molecule has 0 radical (unpaired) electrons. The first-order chi connectivity index (χ1) is 16.0. The van der Waals surface area contributed by atoms with E-state index in [9.17, 15) is 18.4 Å². The van der Waals surface area contributed by atoms with E-state index in [1.54, 1.807) is 12.0 Å². The molecule has 0 bridgehead atoms. The molecule has 0 aromatic heterocycles. The number of hydrogen-bond acceptors (Lipinski definition) is 5. The number of allylic oxidation sites excluding steroid dienone is 3. The quantitative estimate of drug-likeness (QED) is 0.643. The van der Waals surface area contributed by atoms with Crippen LogP contribution in [0.3, 0.4) is 0 Å². The van der Waals surface area contributed by atoms with Gasteiger partial charge in [0.05, 0.1) is 26.2 Å². The molecular weight excluding hydrogens is 434 g/mol. The first-order valence-corrected chi connectivity index (χ1v) is 11.2. The van der Waals surface area contributed by atoms with Gasteiger partial charge < -0.3 is 24.4 Å². The predicted octanol–water partition coefficient (Wildman–Crippen LogP) is 3.02. The fourth-order valence-corrected chi connectivity index (χ4v) is 4.35. The van der Waals surface area contributed by atoms with Crippen molar-refractivity contribution in [1.29, 1.82) is 0 Å². The minimum Gasteiger partial charge on any atom is -0.493 e. The predicted molar refractivity (Wildman–Crippen MR) is 116 cm³/mol. The van der Waals surface area contributed by atoms with Crippen molar-refractivity contribution in [1.82, 2.24) is 10.2 Å². The Bertz CT molecular complexity index is 958. The Morgan fingerprint density at radius 3 is 2.91 bits per heavy atom. The maximum absolute atomic E-state index is 13.8. The maximum atomic E-state index is 13.8. The molecule has 1 N–H and O–H groups in total. The number of ether oxygens (including phenoxy) is 3. The minimum absolute atomic E-state index is 0.0146. The summed E-state index contributed by atoms with van der Waals surface area (Å²) in [6.07, 6.45) is 3.72. The summed E-state index contributed by atoms with van der Waals surface area (Å²) in [5.74, 6) is -2.56. The fourth-order valence-electron chi connectivity index (χ4n) is 4.35. The van der Waals surface area contributed by atoms with Crippen molar-refractivity contribution in [3.05, 3.63) is 47.6 Å². The summed E-state index contributed by atoms with van der Waals surface area (Å²) in [4.78, 5) is 26.4. The van der Waals surface area contributed by atoms with E-state index in [0.29, 0.717) is 44.2 Å². The second-order valence-electron chi connectivity index (χ2n) is 8.43. The Morgan fingerprint density at radius 2 is 2.15 bits per heavy atom. The number of hydrogen-bond donors (Lipinski definition) is 1. The summed E-state index contributed by atoms with van der Waals surface area (Å²) in [6, 6.07) is 5.69. The number of amides is 2. The van der Waals surface area contributed by atoms with Crippen molar-refractivity contribution in [2.24, 2.45) is 5.92 Å². The van der Waals surface area contributed by atoms with Gasteiger partial charge in [0.1, 0.15) is 11.9 Å². The molecule has 1 aromatic rings. The van der Waals surface area contributed by atoms with E-state index in [4.69, 9.17) is 14.2 Å². The molecule has 2 heterocycles. The Kier molecular flexibility index (Phi) is 7.27. The Morgan fingerprint density at radius 1 is 1.30 bits per heavy atom. The standard InChI is InChI=1S/C24H28F2N2O5/c1-31-20-6-5-15(11-21(20)33-17-7-10-32-14-17)16-12-22(29)28(13-16)9-8-27-24(30)18-3-2-4-19(25)23(18)26/h2,4-6,11,16-18H,3,7-10,12-14H2,1H3,(H,27,30)/t16-,17-,18?/m1/s1. The third-order valence-electron chi connectivity index (χ3n) is 6.22. The van der Waals surface area contributed by atoms with Crippen molar-refractivity contribution in [2.45, 2.75) is 31.3 Å². The number of benzene rings is 1. The third kappa shape index (κ3) is 5.35. The van der Waals surface area contributed by atoms with Gasteiger partial charge in [-0.15, -0.1) is 0 Å². The second kappa shape index (κ2) is 10.3. The molecule has 178 valence electrons. The summed E-state index contributed by atoms with van der Waals surface area (Å²) in [5.41, 5.74) is 0.973. The van der Waals surface area contributed by atoms with E-state index in [0.717, 1.165) is 18.1 Å². The number of likely N-dealkylation sites (tertiary alicyclic amines) is 1. The molecule has 33 heavy (non-hydrogen) atoms. The van der Waals surface area contributed by atoms with Crippen molar-refractivity contribution < 1.29 is 32.6 Å². The molecule has 2 aliphatic heterocycles. The lowest BCUT2D eigenvalue weighted by molar-refractivity contribution is -0.129. The lowest BCUT2D eigenvalue weighted by Gasteiger charge is -2.20. The number of nitrogens with one attached hydrogen (secondary N) is 1. The SMILES string of the molecule is COc1ccc([C@@H]2CC(=O)N(CCNC(=O)C3CC=CC(F)=C3F)C2)cc1O[C@@H]1CCOC1. The van der Waals surface area contributed by atoms with Gasteiger partial charge in [-0.2, -0.15) is 0 Å². The van der Waals surface area contributed by atoms with E-state index >= 15 is 0 Å².